The predicted molar refractivity (Wildman–Crippen MR) is 83.9 cm³/mol. The highest BCUT2D eigenvalue weighted by molar-refractivity contribution is 6.00. The largest absolute Gasteiger partial charge is 0.481 e. The molecule has 2 amide bonds. The fourth-order valence-corrected chi connectivity index (χ4v) is 2.95. The summed E-state index contributed by atoms with van der Waals surface area (Å²) >= 11 is 0. The second-order valence-corrected chi connectivity index (χ2v) is 6.64. The van der Waals surface area contributed by atoms with Crippen LogP contribution in [-0.2, 0) is 14.4 Å². The molecule has 0 aromatic heterocycles. The van der Waals surface area contributed by atoms with E-state index in [0.29, 0.717) is 24.1 Å². The van der Waals surface area contributed by atoms with Crippen molar-refractivity contribution in [1.82, 2.24) is 5.32 Å². The zero-order chi connectivity index (χ0) is 17.5. The standard InChI is InChI=1S/C17H19FN2O4/c1-10-6-12(2-3-13(10)18)20-8-11(7-14(20)21)15(22)19-9-17(4-5-17)16(23)24/h2-3,6,11H,4-5,7-9H2,1H3,(H,19,22)(H,23,24). The molecule has 1 aliphatic heterocycles. The molecule has 1 heterocycles. The van der Waals surface area contributed by atoms with Gasteiger partial charge < -0.3 is 15.3 Å². The van der Waals surface area contributed by atoms with Crippen LogP contribution in [0.15, 0.2) is 18.2 Å². The number of hydrogen-bond acceptors (Lipinski definition) is 3. The van der Waals surface area contributed by atoms with Crippen LogP contribution < -0.4 is 10.2 Å². The van der Waals surface area contributed by atoms with E-state index in [4.69, 9.17) is 5.11 Å². The molecule has 0 radical (unpaired) electrons. The van der Waals surface area contributed by atoms with Crippen LogP contribution in [0.1, 0.15) is 24.8 Å². The number of anilines is 1. The number of carbonyl (C=O) groups excluding carboxylic acids is 2. The molecule has 1 saturated heterocycles. The molecule has 1 aromatic carbocycles. The molecule has 1 unspecified atom stereocenters. The molecular weight excluding hydrogens is 315 g/mol. The van der Waals surface area contributed by atoms with E-state index < -0.39 is 17.3 Å². The van der Waals surface area contributed by atoms with Gasteiger partial charge in [0, 0.05) is 25.2 Å². The quantitative estimate of drug-likeness (QED) is 0.854. The molecule has 1 aliphatic carbocycles. The maximum atomic E-state index is 13.4. The molecule has 2 aliphatic rings. The third kappa shape index (κ3) is 2.98. The number of aryl methyl sites for hydroxylation is 1. The summed E-state index contributed by atoms with van der Waals surface area (Å²) in [4.78, 5) is 37.0. The lowest BCUT2D eigenvalue weighted by molar-refractivity contribution is -0.143. The number of aliphatic carboxylic acids is 1. The predicted octanol–water partition coefficient (Wildman–Crippen LogP) is 1.47. The van der Waals surface area contributed by atoms with Crippen LogP contribution in [0.3, 0.4) is 0 Å². The zero-order valence-corrected chi connectivity index (χ0v) is 13.3. The highest BCUT2D eigenvalue weighted by Gasteiger charge is 2.50. The molecule has 7 heteroatoms. The molecule has 3 rings (SSSR count). The normalized spacial score (nSPS) is 21.7. The van der Waals surface area contributed by atoms with Crippen molar-refractivity contribution in [2.45, 2.75) is 26.2 Å². The summed E-state index contributed by atoms with van der Waals surface area (Å²) in [6, 6.07) is 4.40. The van der Waals surface area contributed by atoms with Crippen LogP contribution >= 0.6 is 0 Å². The van der Waals surface area contributed by atoms with Crippen molar-refractivity contribution < 1.29 is 23.9 Å². The summed E-state index contributed by atoms with van der Waals surface area (Å²) in [5.41, 5.74) is 0.176. The Balaban J connectivity index is 1.62. The Morgan fingerprint density at radius 2 is 2.12 bits per heavy atom. The molecule has 0 spiro atoms. The number of halogens is 1. The summed E-state index contributed by atoms with van der Waals surface area (Å²) in [5, 5.41) is 11.8. The molecule has 2 fully saturated rings. The Kier molecular flexibility index (Phi) is 4.03. The van der Waals surface area contributed by atoms with Gasteiger partial charge in [0.25, 0.3) is 0 Å². The number of nitrogens with zero attached hydrogens (tertiary/aromatic N) is 1. The van der Waals surface area contributed by atoms with Crippen molar-refractivity contribution in [2.75, 3.05) is 18.0 Å². The molecule has 1 saturated carbocycles. The van der Waals surface area contributed by atoms with Crippen LogP contribution in [0.4, 0.5) is 10.1 Å². The summed E-state index contributed by atoms with van der Waals surface area (Å²) < 4.78 is 13.4. The van der Waals surface area contributed by atoms with E-state index in [1.165, 1.54) is 17.0 Å². The zero-order valence-electron chi connectivity index (χ0n) is 13.3. The van der Waals surface area contributed by atoms with Gasteiger partial charge in [0.2, 0.25) is 11.8 Å². The minimum absolute atomic E-state index is 0.0718. The van der Waals surface area contributed by atoms with Crippen LogP contribution in [0, 0.1) is 24.1 Å². The van der Waals surface area contributed by atoms with E-state index in [0.717, 1.165) is 0 Å². The van der Waals surface area contributed by atoms with E-state index in [2.05, 4.69) is 5.32 Å². The van der Waals surface area contributed by atoms with Gasteiger partial charge in [-0.2, -0.15) is 0 Å². The van der Waals surface area contributed by atoms with Crippen molar-refractivity contribution in [3.05, 3.63) is 29.6 Å². The lowest BCUT2D eigenvalue weighted by atomic mass is 10.1. The van der Waals surface area contributed by atoms with Crippen LogP contribution in [0.5, 0.6) is 0 Å². The van der Waals surface area contributed by atoms with E-state index in [1.807, 2.05) is 0 Å². The number of amides is 2. The van der Waals surface area contributed by atoms with Gasteiger partial charge in [-0.25, -0.2) is 4.39 Å². The van der Waals surface area contributed by atoms with Crippen molar-refractivity contribution in [2.24, 2.45) is 11.3 Å². The van der Waals surface area contributed by atoms with E-state index in [1.54, 1.807) is 13.0 Å². The third-order valence-corrected chi connectivity index (χ3v) is 4.86. The first kappa shape index (κ1) is 16.4. The first-order valence-corrected chi connectivity index (χ1v) is 7.90. The van der Waals surface area contributed by atoms with Gasteiger partial charge in [-0.1, -0.05) is 0 Å². The average molecular weight is 334 g/mol. The SMILES string of the molecule is Cc1cc(N2CC(C(=O)NCC3(C(=O)O)CC3)CC2=O)ccc1F. The van der Waals surface area contributed by atoms with Crippen LogP contribution in [0.25, 0.3) is 0 Å². The summed E-state index contributed by atoms with van der Waals surface area (Å²) in [7, 11) is 0. The first-order valence-electron chi connectivity index (χ1n) is 7.90. The van der Waals surface area contributed by atoms with Crippen LogP contribution in [0.2, 0.25) is 0 Å². The van der Waals surface area contributed by atoms with Crippen molar-refractivity contribution in [3.8, 4) is 0 Å². The highest BCUT2D eigenvalue weighted by Crippen LogP contribution is 2.45. The number of hydrogen-bond donors (Lipinski definition) is 2. The Labute approximate surface area is 138 Å². The van der Waals surface area contributed by atoms with E-state index in [9.17, 15) is 18.8 Å². The van der Waals surface area contributed by atoms with Crippen molar-refractivity contribution in [1.29, 1.82) is 0 Å². The lowest BCUT2D eigenvalue weighted by Crippen LogP contribution is -2.38. The monoisotopic (exact) mass is 334 g/mol. The van der Waals surface area contributed by atoms with Gasteiger partial charge in [0.1, 0.15) is 5.82 Å². The van der Waals surface area contributed by atoms with Gasteiger partial charge in [-0.05, 0) is 43.5 Å². The fraction of sp³-hybridized carbons (Fsp3) is 0.471. The van der Waals surface area contributed by atoms with Gasteiger partial charge >= 0.3 is 5.97 Å². The molecule has 1 atom stereocenters. The van der Waals surface area contributed by atoms with E-state index >= 15 is 0 Å². The fourth-order valence-electron chi connectivity index (χ4n) is 2.95. The Morgan fingerprint density at radius 1 is 1.42 bits per heavy atom. The summed E-state index contributed by atoms with van der Waals surface area (Å²) in [6.45, 7) is 1.93. The molecule has 0 bridgehead atoms. The number of benzene rings is 1. The average Bonchev–Trinajstić information content (AvgIpc) is 3.24. The second kappa shape index (κ2) is 5.89. The number of rotatable bonds is 5. The number of carbonyl (C=O) groups is 3. The number of carboxylic acids is 1. The Morgan fingerprint density at radius 3 is 2.71 bits per heavy atom. The number of nitrogens with one attached hydrogen (secondary N) is 1. The molecular formula is C17H19FN2O4. The third-order valence-electron chi connectivity index (χ3n) is 4.86. The molecule has 2 N–H and O–H groups in total. The summed E-state index contributed by atoms with van der Waals surface area (Å²) in [6.07, 6.45) is 1.20. The van der Waals surface area contributed by atoms with Gasteiger partial charge in [-0.3, -0.25) is 14.4 Å². The smallest absolute Gasteiger partial charge is 0.311 e. The minimum atomic E-state index is -0.895. The van der Waals surface area contributed by atoms with Gasteiger partial charge in [0.05, 0.1) is 11.3 Å². The maximum absolute atomic E-state index is 13.4. The first-order chi connectivity index (χ1) is 11.3. The Bertz CT molecular complexity index is 715. The maximum Gasteiger partial charge on any atom is 0.311 e. The topological polar surface area (TPSA) is 86.7 Å². The molecule has 128 valence electrons. The molecule has 1 aromatic rings. The lowest BCUT2D eigenvalue weighted by Gasteiger charge is -2.18. The van der Waals surface area contributed by atoms with E-state index in [-0.39, 0.29) is 37.1 Å². The minimum Gasteiger partial charge on any atom is -0.481 e. The summed E-state index contributed by atoms with van der Waals surface area (Å²) in [5.74, 6) is -2.26. The highest BCUT2D eigenvalue weighted by atomic mass is 19.1. The van der Waals surface area contributed by atoms with Gasteiger partial charge in [0.15, 0.2) is 0 Å². The van der Waals surface area contributed by atoms with Gasteiger partial charge in [-0.15, -0.1) is 0 Å². The molecule has 6 nitrogen and oxygen atoms in total. The second-order valence-electron chi connectivity index (χ2n) is 6.64. The molecule has 24 heavy (non-hydrogen) atoms. The Hall–Kier alpha value is -2.44. The van der Waals surface area contributed by atoms with Crippen molar-refractivity contribution in [3.63, 3.8) is 0 Å². The number of carboxylic acid groups (broad SMARTS) is 1. The van der Waals surface area contributed by atoms with Crippen molar-refractivity contribution >= 4 is 23.5 Å². The van der Waals surface area contributed by atoms with Crippen LogP contribution in [-0.4, -0.2) is 36.0 Å².